The van der Waals surface area contributed by atoms with Gasteiger partial charge in [0.1, 0.15) is 0 Å². The highest BCUT2D eigenvalue weighted by Crippen LogP contribution is 1.93. The lowest BCUT2D eigenvalue weighted by Crippen LogP contribution is -2.30. The Morgan fingerprint density at radius 3 is 2.60 bits per heavy atom. The molecule has 0 bridgehead atoms. The van der Waals surface area contributed by atoms with E-state index in [0.29, 0.717) is 19.3 Å². The second-order valence-corrected chi connectivity index (χ2v) is 4.01. The maximum atomic E-state index is 8.47. The van der Waals surface area contributed by atoms with Crippen LogP contribution < -0.4 is 5.32 Å². The number of nitrogens with zero attached hydrogens (tertiary/aromatic N) is 1. The molecule has 0 unspecified atom stereocenters. The molecule has 0 aromatic rings. The minimum absolute atomic E-state index is 0.110. The Bertz CT molecular complexity index is 132. The normalized spacial score (nSPS) is 11.6. The van der Waals surface area contributed by atoms with Gasteiger partial charge in [-0.2, -0.15) is 0 Å². The first-order valence-electron chi connectivity index (χ1n) is 5.78. The van der Waals surface area contributed by atoms with Crippen LogP contribution >= 0.6 is 0 Å². The lowest BCUT2D eigenvalue weighted by molar-refractivity contribution is 0.0938. The van der Waals surface area contributed by atoms with Crippen molar-refractivity contribution in [2.75, 3.05) is 46.5 Å². The minimum Gasteiger partial charge on any atom is -0.394 e. The summed E-state index contributed by atoms with van der Waals surface area (Å²) in [5.74, 6) is 0. The molecule has 0 aliphatic heterocycles. The molecule has 0 rings (SSSR count). The number of ether oxygens (including phenoxy) is 1. The zero-order chi connectivity index (χ0) is 11.5. The highest BCUT2D eigenvalue weighted by atomic mass is 16.5. The number of hydrogen-bond acceptors (Lipinski definition) is 4. The molecule has 0 radical (unpaired) electrons. The Balaban J connectivity index is 3.05. The van der Waals surface area contributed by atoms with Crippen LogP contribution in [0, 0.1) is 0 Å². The second-order valence-electron chi connectivity index (χ2n) is 4.01. The van der Waals surface area contributed by atoms with Crippen molar-refractivity contribution in [2.24, 2.45) is 0 Å². The van der Waals surface area contributed by atoms with Gasteiger partial charge in [-0.15, -0.1) is 0 Å². The Labute approximate surface area is 93.6 Å². The Hall–Kier alpha value is -0.160. The smallest absolute Gasteiger partial charge is 0.0698 e. The molecule has 0 amide bonds. The summed E-state index contributed by atoms with van der Waals surface area (Å²) in [6.45, 7) is 8.66. The van der Waals surface area contributed by atoms with E-state index in [1.807, 2.05) is 0 Å². The fraction of sp³-hybridized carbons (Fsp3) is 1.00. The lowest BCUT2D eigenvalue weighted by Gasteiger charge is -2.20. The minimum atomic E-state index is 0.110. The molecule has 4 heteroatoms. The molecular weight excluding hydrogens is 192 g/mol. The second kappa shape index (κ2) is 10.4. The van der Waals surface area contributed by atoms with Crippen LogP contribution in [-0.2, 0) is 4.74 Å². The average Bonchev–Trinajstić information content (AvgIpc) is 2.21. The van der Waals surface area contributed by atoms with Crippen molar-refractivity contribution in [1.29, 1.82) is 0 Å². The van der Waals surface area contributed by atoms with Gasteiger partial charge in [-0.05, 0) is 40.4 Å². The molecule has 0 aliphatic carbocycles. The van der Waals surface area contributed by atoms with E-state index in [2.05, 4.69) is 31.1 Å². The van der Waals surface area contributed by atoms with Crippen LogP contribution in [0.2, 0.25) is 0 Å². The third-order valence-electron chi connectivity index (χ3n) is 2.40. The molecule has 4 nitrogen and oxygen atoms in total. The predicted octanol–water partition coefficient (Wildman–Crippen LogP) is 0.315. The van der Waals surface area contributed by atoms with E-state index in [4.69, 9.17) is 9.84 Å². The summed E-state index contributed by atoms with van der Waals surface area (Å²) in [5, 5.41) is 11.8. The van der Waals surface area contributed by atoms with E-state index < -0.39 is 0 Å². The molecule has 0 saturated carbocycles. The quantitative estimate of drug-likeness (QED) is 0.518. The molecule has 15 heavy (non-hydrogen) atoms. The zero-order valence-corrected chi connectivity index (χ0v) is 10.3. The maximum Gasteiger partial charge on any atom is 0.0698 e. The molecule has 0 aromatic carbocycles. The van der Waals surface area contributed by atoms with Gasteiger partial charge in [0.15, 0.2) is 0 Å². The van der Waals surface area contributed by atoms with Crippen LogP contribution in [0.25, 0.3) is 0 Å². The Kier molecular flexibility index (Phi) is 10.3. The van der Waals surface area contributed by atoms with Crippen molar-refractivity contribution in [3.8, 4) is 0 Å². The van der Waals surface area contributed by atoms with Crippen molar-refractivity contribution in [2.45, 2.75) is 26.3 Å². The lowest BCUT2D eigenvalue weighted by atomic mass is 10.3. The van der Waals surface area contributed by atoms with Crippen LogP contribution in [0.5, 0.6) is 0 Å². The van der Waals surface area contributed by atoms with E-state index in [0.717, 1.165) is 26.1 Å². The van der Waals surface area contributed by atoms with Gasteiger partial charge in [0.05, 0.1) is 19.8 Å². The SMILES string of the molecule is CC(C)N(C)CCCNCCOCCO. The highest BCUT2D eigenvalue weighted by molar-refractivity contribution is 4.57. The van der Waals surface area contributed by atoms with Crippen LogP contribution in [0.3, 0.4) is 0 Å². The van der Waals surface area contributed by atoms with Gasteiger partial charge in [0.25, 0.3) is 0 Å². The third kappa shape index (κ3) is 10.1. The Morgan fingerprint density at radius 1 is 1.27 bits per heavy atom. The van der Waals surface area contributed by atoms with E-state index in [1.165, 1.54) is 0 Å². The predicted molar refractivity (Wildman–Crippen MR) is 63.2 cm³/mol. The van der Waals surface area contributed by atoms with E-state index in [1.54, 1.807) is 0 Å². The van der Waals surface area contributed by atoms with Crippen LogP contribution in [0.15, 0.2) is 0 Å². The molecule has 0 saturated heterocycles. The van der Waals surface area contributed by atoms with E-state index >= 15 is 0 Å². The maximum absolute atomic E-state index is 8.47. The Morgan fingerprint density at radius 2 is 2.00 bits per heavy atom. The number of aliphatic hydroxyl groups is 1. The molecule has 0 fully saturated rings. The first-order valence-corrected chi connectivity index (χ1v) is 5.78. The summed E-state index contributed by atoms with van der Waals surface area (Å²) in [5.41, 5.74) is 0. The number of aliphatic hydroxyl groups excluding tert-OH is 1. The number of rotatable bonds is 10. The summed E-state index contributed by atoms with van der Waals surface area (Å²) < 4.78 is 5.13. The first-order chi connectivity index (χ1) is 7.18. The van der Waals surface area contributed by atoms with Gasteiger partial charge >= 0.3 is 0 Å². The van der Waals surface area contributed by atoms with E-state index in [-0.39, 0.29) is 6.61 Å². The highest BCUT2D eigenvalue weighted by Gasteiger charge is 2.01. The van der Waals surface area contributed by atoms with Gasteiger partial charge in [0, 0.05) is 12.6 Å². The van der Waals surface area contributed by atoms with Gasteiger partial charge < -0.3 is 20.1 Å². The van der Waals surface area contributed by atoms with Crippen molar-refractivity contribution in [3.63, 3.8) is 0 Å². The van der Waals surface area contributed by atoms with Crippen molar-refractivity contribution in [3.05, 3.63) is 0 Å². The molecule has 0 spiro atoms. The molecule has 0 aliphatic rings. The molecule has 0 aromatic heterocycles. The van der Waals surface area contributed by atoms with Crippen LogP contribution in [0.4, 0.5) is 0 Å². The third-order valence-corrected chi connectivity index (χ3v) is 2.40. The standard InChI is InChI=1S/C11H26N2O2/c1-11(2)13(3)7-4-5-12-6-9-15-10-8-14/h11-12,14H,4-10H2,1-3H3. The summed E-state index contributed by atoms with van der Waals surface area (Å²) in [7, 11) is 2.15. The number of hydrogen-bond donors (Lipinski definition) is 2. The molecule has 0 atom stereocenters. The van der Waals surface area contributed by atoms with Crippen LogP contribution in [0.1, 0.15) is 20.3 Å². The topological polar surface area (TPSA) is 44.7 Å². The van der Waals surface area contributed by atoms with Gasteiger partial charge in [0.2, 0.25) is 0 Å². The van der Waals surface area contributed by atoms with Crippen molar-refractivity contribution in [1.82, 2.24) is 10.2 Å². The van der Waals surface area contributed by atoms with Crippen molar-refractivity contribution < 1.29 is 9.84 Å². The van der Waals surface area contributed by atoms with Gasteiger partial charge in [-0.25, -0.2) is 0 Å². The zero-order valence-electron chi connectivity index (χ0n) is 10.3. The fourth-order valence-electron chi connectivity index (χ4n) is 1.15. The average molecular weight is 218 g/mol. The fourth-order valence-corrected chi connectivity index (χ4v) is 1.15. The molecule has 0 heterocycles. The van der Waals surface area contributed by atoms with Gasteiger partial charge in [-0.3, -0.25) is 0 Å². The van der Waals surface area contributed by atoms with E-state index in [9.17, 15) is 0 Å². The molecule has 92 valence electrons. The molecular formula is C11H26N2O2. The summed E-state index contributed by atoms with van der Waals surface area (Å²) in [6.07, 6.45) is 1.16. The first kappa shape index (κ1) is 14.8. The summed E-state index contributed by atoms with van der Waals surface area (Å²) in [6, 6.07) is 0.623. The number of nitrogens with one attached hydrogen (secondary N) is 1. The monoisotopic (exact) mass is 218 g/mol. The van der Waals surface area contributed by atoms with Crippen molar-refractivity contribution >= 4 is 0 Å². The van der Waals surface area contributed by atoms with Crippen LogP contribution in [-0.4, -0.2) is 62.6 Å². The summed E-state index contributed by atoms with van der Waals surface area (Å²) >= 11 is 0. The van der Waals surface area contributed by atoms with Gasteiger partial charge in [-0.1, -0.05) is 0 Å². The molecule has 2 N–H and O–H groups in total. The summed E-state index contributed by atoms with van der Waals surface area (Å²) in [4.78, 5) is 2.34. The largest absolute Gasteiger partial charge is 0.394 e.